The molecular weight excluding hydrogens is 201 g/mol. The van der Waals surface area contributed by atoms with Crippen molar-refractivity contribution >= 4 is 0 Å². The van der Waals surface area contributed by atoms with Crippen molar-refractivity contribution in [2.24, 2.45) is 0 Å². The van der Waals surface area contributed by atoms with Crippen LogP contribution >= 0.6 is 0 Å². The normalized spacial score (nSPS) is 16.5. The third kappa shape index (κ3) is 1.91. The van der Waals surface area contributed by atoms with Gasteiger partial charge in [-0.25, -0.2) is 0 Å². The van der Waals surface area contributed by atoms with Gasteiger partial charge in [0.25, 0.3) is 0 Å². The van der Waals surface area contributed by atoms with Crippen LogP contribution in [0, 0.1) is 6.08 Å². The van der Waals surface area contributed by atoms with Gasteiger partial charge in [-0.2, -0.15) is 13.2 Å². The predicted molar refractivity (Wildman–Crippen MR) is 51.4 cm³/mol. The zero-order valence-corrected chi connectivity index (χ0v) is 8.06. The number of rotatable bonds is 2. The topological polar surface area (TPSA) is 0 Å². The summed E-state index contributed by atoms with van der Waals surface area (Å²) in [6, 6.07) is 4.60. The van der Waals surface area contributed by atoms with Crippen molar-refractivity contribution in [3.63, 3.8) is 0 Å². The number of benzene rings is 1. The second kappa shape index (κ2) is 3.40. The smallest absolute Gasteiger partial charge is 0.166 e. The van der Waals surface area contributed by atoms with Gasteiger partial charge in [-0.15, -0.1) is 0 Å². The van der Waals surface area contributed by atoms with Crippen LogP contribution in [0.25, 0.3) is 0 Å². The van der Waals surface area contributed by atoms with Gasteiger partial charge in [-0.05, 0) is 36.0 Å². The third-order valence-electron chi connectivity index (χ3n) is 2.59. The second-order valence-corrected chi connectivity index (χ2v) is 3.72. The van der Waals surface area contributed by atoms with E-state index in [4.69, 9.17) is 0 Å². The van der Waals surface area contributed by atoms with Crippen LogP contribution in [0.2, 0.25) is 0 Å². The lowest BCUT2D eigenvalue weighted by Gasteiger charge is -2.14. The molecule has 1 fully saturated rings. The van der Waals surface area contributed by atoms with Gasteiger partial charge in [0.05, 0.1) is 5.56 Å². The van der Waals surface area contributed by atoms with Crippen LogP contribution in [-0.4, -0.2) is 0 Å². The van der Waals surface area contributed by atoms with E-state index in [-0.39, 0.29) is 11.5 Å². The number of halogens is 3. The quantitative estimate of drug-likeness (QED) is 0.695. The summed E-state index contributed by atoms with van der Waals surface area (Å²) in [7, 11) is 0. The minimum Gasteiger partial charge on any atom is -0.166 e. The molecule has 15 heavy (non-hydrogen) atoms. The first-order valence-electron chi connectivity index (χ1n) is 4.77. The number of hydrogen-bond donors (Lipinski definition) is 0. The third-order valence-corrected chi connectivity index (χ3v) is 2.59. The fourth-order valence-corrected chi connectivity index (χ4v) is 1.77. The molecule has 0 saturated heterocycles. The molecule has 0 nitrogen and oxygen atoms in total. The van der Waals surface area contributed by atoms with Crippen molar-refractivity contribution in [2.45, 2.75) is 24.9 Å². The first kappa shape index (κ1) is 10.3. The molecule has 0 atom stereocenters. The Labute approximate surface area is 86.4 Å². The first-order valence-corrected chi connectivity index (χ1v) is 4.77. The average Bonchev–Trinajstić information content (AvgIpc) is 2.98. The molecule has 0 aliphatic heterocycles. The van der Waals surface area contributed by atoms with Crippen LogP contribution in [0.4, 0.5) is 13.2 Å². The summed E-state index contributed by atoms with van der Waals surface area (Å²) in [5.74, 6) is 0.0786. The van der Waals surface area contributed by atoms with Crippen molar-refractivity contribution in [1.29, 1.82) is 0 Å². The summed E-state index contributed by atoms with van der Waals surface area (Å²) in [5, 5.41) is 0. The summed E-state index contributed by atoms with van der Waals surface area (Å²) in [5.41, 5.74) is -0.0921. The van der Waals surface area contributed by atoms with Gasteiger partial charge in [0.1, 0.15) is 0 Å². The van der Waals surface area contributed by atoms with E-state index in [1.54, 1.807) is 12.1 Å². The lowest BCUT2D eigenvalue weighted by Crippen LogP contribution is -2.11. The lowest BCUT2D eigenvalue weighted by molar-refractivity contribution is -0.138. The van der Waals surface area contributed by atoms with E-state index >= 15 is 0 Å². The van der Waals surface area contributed by atoms with Gasteiger partial charge < -0.3 is 0 Å². The Morgan fingerprint density at radius 3 is 2.40 bits per heavy atom. The molecule has 1 radical (unpaired) electrons. The van der Waals surface area contributed by atoms with Gasteiger partial charge in [-0.3, -0.25) is 0 Å². The zero-order chi connectivity index (χ0) is 11.1. The summed E-state index contributed by atoms with van der Waals surface area (Å²) >= 11 is 0. The highest BCUT2D eigenvalue weighted by Crippen LogP contribution is 2.46. The van der Waals surface area contributed by atoms with Crippen LogP contribution in [0.5, 0.6) is 0 Å². The highest BCUT2D eigenvalue weighted by atomic mass is 19.4. The summed E-state index contributed by atoms with van der Waals surface area (Å²) in [4.78, 5) is 0. The average molecular weight is 211 g/mol. The molecule has 0 bridgehead atoms. The number of hydrogen-bond acceptors (Lipinski definition) is 0. The molecule has 0 amide bonds. The van der Waals surface area contributed by atoms with Crippen LogP contribution in [0.3, 0.4) is 0 Å². The Balaban J connectivity index is 2.59. The second-order valence-electron chi connectivity index (χ2n) is 3.72. The Kier molecular flexibility index (Phi) is 2.33. The molecule has 0 aromatic heterocycles. The Hall–Kier alpha value is -1.25. The van der Waals surface area contributed by atoms with Gasteiger partial charge in [0, 0.05) is 0 Å². The van der Waals surface area contributed by atoms with Gasteiger partial charge in [0.2, 0.25) is 0 Å². The number of alkyl halides is 3. The van der Waals surface area contributed by atoms with Crippen LogP contribution < -0.4 is 0 Å². The standard InChI is InChI=1S/C12H10F3/c1-2-8-4-3-5-10(9-6-7-9)11(8)12(13,14)15/h3-5,9H,1,6-7H2. The van der Waals surface area contributed by atoms with E-state index in [9.17, 15) is 13.2 Å². The Morgan fingerprint density at radius 1 is 1.27 bits per heavy atom. The minimum absolute atomic E-state index is 0.0619. The van der Waals surface area contributed by atoms with E-state index in [1.165, 1.54) is 6.07 Å². The monoisotopic (exact) mass is 211 g/mol. The largest absolute Gasteiger partial charge is 0.417 e. The highest BCUT2D eigenvalue weighted by molar-refractivity contribution is 5.43. The molecule has 1 aromatic rings. The van der Waals surface area contributed by atoms with E-state index in [1.807, 2.05) is 0 Å². The molecule has 1 aliphatic rings. The maximum atomic E-state index is 12.8. The maximum Gasteiger partial charge on any atom is 0.417 e. The van der Waals surface area contributed by atoms with E-state index < -0.39 is 11.7 Å². The molecule has 1 saturated carbocycles. The molecule has 0 heterocycles. The van der Waals surface area contributed by atoms with Crippen molar-refractivity contribution in [3.05, 3.63) is 47.5 Å². The Bertz CT molecular complexity index is 386. The molecule has 1 aliphatic carbocycles. The first-order chi connectivity index (χ1) is 7.04. The van der Waals surface area contributed by atoms with Crippen molar-refractivity contribution in [2.75, 3.05) is 0 Å². The van der Waals surface area contributed by atoms with E-state index in [0.29, 0.717) is 5.56 Å². The zero-order valence-electron chi connectivity index (χ0n) is 8.06. The SMILES string of the molecule is C=[C]c1cccc(C2CC2)c1C(F)(F)F. The van der Waals surface area contributed by atoms with Crippen molar-refractivity contribution in [3.8, 4) is 0 Å². The van der Waals surface area contributed by atoms with Gasteiger partial charge in [0.15, 0.2) is 0 Å². The van der Waals surface area contributed by atoms with Crippen molar-refractivity contribution in [1.82, 2.24) is 0 Å². The summed E-state index contributed by atoms with van der Waals surface area (Å²) < 4.78 is 38.4. The highest BCUT2D eigenvalue weighted by Gasteiger charge is 2.39. The van der Waals surface area contributed by atoms with Crippen LogP contribution in [0.15, 0.2) is 24.8 Å². The Morgan fingerprint density at radius 2 is 1.93 bits per heavy atom. The predicted octanol–water partition coefficient (Wildman–Crippen LogP) is 3.92. The maximum absolute atomic E-state index is 12.8. The fourth-order valence-electron chi connectivity index (χ4n) is 1.77. The van der Waals surface area contributed by atoms with Crippen LogP contribution in [-0.2, 0) is 6.18 Å². The van der Waals surface area contributed by atoms with Crippen LogP contribution in [0.1, 0.15) is 35.4 Å². The fraction of sp³-hybridized carbons (Fsp3) is 0.333. The lowest BCUT2D eigenvalue weighted by atomic mass is 9.97. The molecule has 3 heteroatoms. The van der Waals surface area contributed by atoms with E-state index in [0.717, 1.165) is 12.8 Å². The van der Waals surface area contributed by atoms with Gasteiger partial charge >= 0.3 is 6.18 Å². The molecule has 0 spiro atoms. The minimum atomic E-state index is -4.31. The summed E-state index contributed by atoms with van der Waals surface area (Å²) in [6.07, 6.45) is -0.249. The summed E-state index contributed by atoms with van der Waals surface area (Å²) in [6.45, 7) is 3.30. The van der Waals surface area contributed by atoms with E-state index in [2.05, 4.69) is 12.7 Å². The molecule has 2 rings (SSSR count). The molecular formula is C12H10F3. The molecule has 0 unspecified atom stereocenters. The van der Waals surface area contributed by atoms with Gasteiger partial charge in [-0.1, -0.05) is 24.8 Å². The molecule has 0 N–H and O–H groups in total. The van der Waals surface area contributed by atoms with Crippen molar-refractivity contribution < 1.29 is 13.2 Å². The molecule has 79 valence electrons. The molecule has 1 aromatic carbocycles.